The average Bonchev–Trinajstić information content (AvgIpc) is 3.11. The summed E-state index contributed by atoms with van der Waals surface area (Å²) in [4.78, 5) is 39.1. The highest BCUT2D eigenvalue weighted by atomic mass is 19.4. The molecule has 158 valence electrons. The van der Waals surface area contributed by atoms with Gasteiger partial charge < -0.3 is 9.84 Å². The molecule has 0 radical (unpaired) electrons. The zero-order chi connectivity index (χ0) is 22.4. The van der Waals surface area contributed by atoms with E-state index in [0.29, 0.717) is 11.0 Å². The molecule has 1 aromatic carbocycles. The summed E-state index contributed by atoms with van der Waals surface area (Å²) in [7, 11) is 0. The number of alkyl halides is 3. The molecule has 5 atom stereocenters. The van der Waals surface area contributed by atoms with Gasteiger partial charge in [-0.25, -0.2) is 4.90 Å². The van der Waals surface area contributed by atoms with Crippen molar-refractivity contribution < 1.29 is 37.4 Å². The van der Waals surface area contributed by atoms with Crippen LogP contribution in [0.25, 0.3) is 0 Å². The summed E-state index contributed by atoms with van der Waals surface area (Å²) in [6, 6.07) is 4.06. The Kier molecular flexibility index (Phi) is 3.80. The minimum Gasteiger partial charge on any atom is -0.481 e. The standard InChI is InChI=1S/C20H17F3N2O5/c1-17-7-12(15(27)28)19(3,30-17)13-14(26)25(16(29)18(13,17)2)10-5-4-9(8-24)11(6-10)20(21,22)23/h4-6,12-13H,7H2,1-3H3,(H,27,28)/t12-,13+,17?,18+,19?/m0/s1. The Labute approximate surface area is 169 Å². The van der Waals surface area contributed by atoms with Gasteiger partial charge in [0.05, 0.1) is 51.3 Å². The van der Waals surface area contributed by atoms with Crippen LogP contribution in [-0.4, -0.2) is 34.1 Å². The van der Waals surface area contributed by atoms with E-state index in [1.165, 1.54) is 19.9 Å². The quantitative estimate of drug-likeness (QED) is 0.735. The molecule has 3 fully saturated rings. The van der Waals surface area contributed by atoms with Gasteiger partial charge in [0.25, 0.3) is 0 Å². The minimum atomic E-state index is -4.86. The van der Waals surface area contributed by atoms with Gasteiger partial charge in [-0.1, -0.05) is 0 Å². The Bertz CT molecular complexity index is 1060. The molecule has 0 aromatic heterocycles. The number of fused-ring (bicyclic) bond motifs is 5. The molecule has 4 rings (SSSR count). The van der Waals surface area contributed by atoms with Crippen molar-refractivity contribution in [3.8, 4) is 6.07 Å². The van der Waals surface area contributed by atoms with Crippen LogP contribution in [0.4, 0.5) is 18.9 Å². The van der Waals surface area contributed by atoms with Crippen LogP contribution in [0.1, 0.15) is 38.3 Å². The number of carbonyl (C=O) groups excluding carboxylic acids is 2. The van der Waals surface area contributed by atoms with Crippen LogP contribution in [0, 0.1) is 28.6 Å². The summed E-state index contributed by atoms with van der Waals surface area (Å²) < 4.78 is 46.1. The largest absolute Gasteiger partial charge is 0.481 e. The van der Waals surface area contributed by atoms with Gasteiger partial charge >= 0.3 is 12.1 Å². The predicted octanol–water partition coefficient (Wildman–Crippen LogP) is 2.72. The number of carboxylic acids is 1. The zero-order valence-corrected chi connectivity index (χ0v) is 16.2. The Hall–Kier alpha value is -2.93. The first-order valence-corrected chi connectivity index (χ1v) is 9.15. The highest BCUT2D eigenvalue weighted by molar-refractivity contribution is 6.25. The van der Waals surface area contributed by atoms with E-state index in [0.717, 1.165) is 12.1 Å². The number of anilines is 1. The maximum atomic E-state index is 13.4. The third-order valence-corrected chi connectivity index (χ3v) is 7.08. The van der Waals surface area contributed by atoms with E-state index in [1.54, 1.807) is 6.92 Å². The average molecular weight is 422 g/mol. The first-order chi connectivity index (χ1) is 13.7. The van der Waals surface area contributed by atoms with Gasteiger partial charge in [-0.2, -0.15) is 18.4 Å². The molecule has 30 heavy (non-hydrogen) atoms. The molecule has 2 unspecified atom stereocenters. The van der Waals surface area contributed by atoms with Crippen molar-refractivity contribution in [2.75, 3.05) is 4.90 Å². The number of benzene rings is 1. The molecule has 7 nitrogen and oxygen atoms in total. The summed E-state index contributed by atoms with van der Waals surface area (Å²) in [5, 5.41) is 18.6. The molecular weight excluding hydrogens is 405 g/mol. The molecule has 3 heterocycles. The highest BCUT2D eigenvalue weighted by Gasteiger charge is 2.82. The molecule has 2 bridgehead atoms. The number of ether oxygens (including phenoxy) is 1. The Morgan fingerprint density at radius 3 is 2.47 bits per heavy atom. The van der Waals surface area contributed by atoms with Gasteiger partial charge in [-0.3, -0.25) is 14.4 Å². The van der Waals surface area contributed by atoms with Crippen LogP contribution in [-0.2, 0) is 25.3 Å². The van der Waals surface area contributed by atoms with Gasteiger partial charge in [0, 0.05) is 0 Å². The Morgan fingerprint density at radius 1 is 1.30 bits per heavy atom. The summed E-state index contributed by atoms with van der Waals surface area (Å²) in [5.74, 6) is -4.92. The molecule has 3 aliphatic heterocycles. The van der Waals surface area contributed by atoms with Crippen molar-refractivity contribution in [2.24, 2.45) is 17.3 Å². The smallest absolute Gasteiger partial charge is 0.417 e. The number of rotatable bonds is 2. The van der Waals surface area contributed by atoms with Gasteiger partial charge in [-0.15, -0.1) is 0 Å². The number of imide groups is 1. The van der Waals surface area contributed by atoms with E-state index in [2.05, 4.69) is 0 Å². The Morgan fingerprint density at radius 2 is 1.93 bits per heavy atom. The Balaban J connectivity index is 1.86. The molecule has 0 aliphatic carbocycles. The lowest BCUT2D eigenvalue weighted by molar-refractivity contribution is -0.151. The molecule has 3 saturated heterocycles. The number of hydrogen-bond acceptors (Lipinski definition) is 5. The van der Waals surface area contributed by atoms with E-state index in [9.17, 15) is 32.7 Å². The van der Waals surface area contributed by atoms with E-state index in [4.69, 9.17) is 10.00 Å². The summed E-state index contributed by atoms with van der Waals surface area (Å²) in [6.07, 6.45) is -4.86. The second-order valence-electron chi connectivity index (χ2n) is 8.57. The van der Waals surface area contributed by atoms with E-state index in [1.807, 2.05) is 0 Å². The normalized spacial score (nSPS) is 37.4. The molecule has 1 N–H and O–H groups in total. The molecule has 0 spiro atoms. The highest BCUT2D eigenvalue weighted by Crippen LogP contribution is 2.69. The van der Waals surface area contributed by atoms with Crippen LogP contribution in [0.3, 0.4) is 0 Å². The second kappa shape index (κ2) is 5.60. The van der Waals surface area contributed by atoms with Crippen molar-refractivity contribution in [3.05, 3.63) is 29.3 Å². The molecular formula is C20H17F3N2O5. The summed E-state index contributed by atoms with van der Waals surface area (Å²) >= 11 is 0. The maximum absolute atomic E-state index is 13.4. The lowest BCUT2D eigenvalue weighted by atomic mass is 9.56. The van der Waals surface area contributed by atoms with E-state index < -0.39 is 63.5 Å². The SMILES string of the molecule is CC12OC(C)(C[C@H]1C(=O)O)[C@@]1(C)C(=O)N(c3ccc(C#N)c(C(F)(F)F)c3)C(=O)[C@@H]21. The predicted molar refractivity (Wildman–Crippen MR) is 93.9 cm³/mol. The van der Waals surface area contributed by atoms with Crippen LogP contribution >= 0.6 is 0 Å². The molecule has 0 saturated carbocycles. The number of halogens is 3. The first kappa shape index (κ1) is 20.3. The van der Waals surface area contributed by atoms with Gasteiger partial charge in [0.15, 0.2) is 0 Å². The molecule has 2 amide bonds. The van der Waals surface area contributed by atoms with Gasteiger partial charge in [0.2, 0.25) is 11.8 Å². The van der Waals surface area contributed by atoms with Crippen molar-refractivity contribution in [3.63, 3.8) is 0 Å². The number of aliphatic carboxylic acids is 1. The van der Waals surface area contributed by atoms with Crippen molar-refractivity contribution in [1.82, 2.24) is 0 Å². The molecule has 3 aliphatic rings. The fraction of sp³-hybridized carbons (Fsp3) is 0.500. The fourth-order valence-corrected chi connectivity index (χ4v) is 5.53. The monoisotopic (exact) mass is 422 g/mol. The first-order valence-electron chi connectivity index (χ1n) is 9.15. The second-order valence-corrected chi connectivity index (χ2v) is 8.57. The number of nitriles is 1. The number of carboxylic acid groups (broad SMARTS) is 1. The zero-order valence-electron chi connectivity index (χ0n) is 16.2. The van der Waals surface area contributed by atoms with Crippen molar-refractivity contribution >= 4 is 23.5 Å². The van der Waals surface area contributed by atoms with Crippen LogP contribution < -0.4 is 4.90 Å². The third-order valence-electron chi connectivity index (χ3n) is 7.08. The van der Waals surface area contributed by atoms with Crippen molar-refractivity contribution in [1.29, 1.82) is 5.26 Å². The fourth-order valence-electron chi connectivity index (χ4n) is 5.53. The summed E-state index contributed by atoms with van der Waals surface area (Å²) in [5.41, 5.74) is -6.38. The number of carbonyl (C=O) groups is 3. The molecule has 1 aromatic rings. The van der Waals surface area contributed by atoms with E-state index in [-0.39, 0.29) is 12.1 Å². The summed E-state index contributed by atoms with van der Waals surface area (Å²) in [6.45, 7) is 4.51. The number of nitrogens with zero attached hydrogens (tertiary/aromatic N) is 2. The van der Waals surface area contributed by atoms with Crippen molar-refractivity contribution in [2.45, 2.75) is 44.6 Å². The lowest BCUT2D eigenvalue weighted by Gasteiger charge is -2.39. The van der Waals surface area contributed by atoms with Crippen LogP contribution in [0.2, 0.25) is 0 Å². The number of hydrogen-bond donors (Lipinski definition) is 1. The topological polar surface area (TPSA) is 108 Å². The lowest BCUT2D eigenvalue weighted by Crippen LogP contribution is -2.54. The molecule has 10 heteroatoms. The van der Waals surface area contributed by atoms with Crippen LogP contribution in [0.5, 0.6) is 0 Å². The van der Waals surface area contributed by atoms with Gasteiger partial charge in [-0.05, 0) is 45.4 Å². The van der Waals surface area contributed by atoms with Gasteiger partial charge in [0.1, 0.15) is 0 Å². The maximum Gasteiger partial charge on any atom is 0.417 e. The third kappa shape index (κ3) is 2.16. The number of amides is 2. The van der Waals surface area contributed by atoms with E-state index >= 15 is 0 Å². The van der Waals surface area contributed by atoms with Crippen LogP contribution in [0.15, 0.2) is 18.2 Å². The minimum absolute atomic E-state index is 0.000134.